The molecule has 44 heavy (non-hydrogen) atoms. The van der Waals surface area contributed by atoms with E-state index in [9.17, 15) is 19.8 Å². The van der Waals surface area contributed by atoms with Gasteiger partial charge in [-0.1, -0.05) is 42.5 Å². The summed E-state index contributed by atoms with van der Waals surface area (Å²) in [7, 11) is 1.63. The molecule has 0 aromatic heterocycles. The number of carbonyl (C=O) groups excluding carboxylic acids is 2. The lowest BCUT2D eigenvalue weighted by Gasteiger charge is -2.32. The molecule has 236 valence electrons. The Balaban J connectivity index is 1.56. The van der Waals surface area contributed by atoms with Crippen LogP contribution in [0.1, 0.15) is 65.0 Å². The maximum Gasteiger partial charge on any atom is 0.251 e. The first-order chi connectivity index (χ1) is 21.2. The quantitative estimate of drug-likeness (QED) is 0.191. The van der Waals surface area contributed by atoms with Crippen LogP contribution in [0.25, 0.3) is 0 Å². The van der Waals surface area contributed by atoms with Crippen LogP contribution in [0.15, 0.2) is 72.8 Å². The number of nitrogens with zero attached hydrogens (tertiary/aromatic N) is 1. The summed E-state index contributed by atoms with van der Waals surface area (Å²) in [5.41, 5.74) is 3.03. The zero-order valence-corrected chi connectivity index (χ0v) is 26.0. The molecule has 3 aromatic carbocycles. The van der Waals surface area contributed by atoms with Crippen molar-refractivity contribution in [3.05, 3.63) is 95.1 Å². The van der Waals surface area contributed by atoms with E-state index in [-0.39, 0.29) is 31.5 Å². The van der Waals surface area contributed by atoms with Gasteiger partial charge in [-0.15, -0.1) is 0 Å². The summed E-state index contributed by atoms with van der Waals surface area (Å²) >= 11 is 0. The number of carbonyl (C=O) groups is 2. The van der Waals surface area contributed by atoms with Crippen LogP contribution in [0.3, 0.4) is 0 Å². The zero-order chi connectivity index (χ0) is 31.5. The van der Waals surface area contributed by atoms with E-state index >= 15 is 0 Å². The third-order valence-corrected chi connectivity index (χ3v) is 8.18. The first-order valence-electron chi connectivity index (χ1n) is 15.4. The number of methoxy groups -OCH3 is 1. The van der Waals surface area contributed by atoms with Gasteiger partial charge in [-0.3, -0.25) is 9.59 Å². The molecule has 9 heteroatoms. The molecule has 0 bridgehead atoms. The number of piperidine rings is 1. The highest BCUT2D eigenvalue weighted by Crippen LogP contribution is 2.25. The second-order valence-electron chi connectivity index (χ2n) is 11.9. The van der Waals surface area contributed by atoms with Crippen LogP contribution in [-0.2, 0) is 12.0 Å². The molecule has 1 aliphatic rings. The normalized spacial score (nSPS) is 14.9. The van der Waals surface area contributed by atoms with E-state index in [2.05, 4.69) is 20.9 Å². The highest BCUT2D eigenvalue weighted by Gasteiger charge is 2.27. The molecule has 0 radical (unpaired) electrons. The Bertz CT molecular complexity index is 1370. The van der Waals surface area contributed by atoms with Gasteiger partial charge in [0.2, 0.25) is 0 Å². The van der Waals surface area contributed by atoms with Crippen molar-refractivity contribution in [2.45, 2.75) is 57.2 Å². The molecular formula is C35H46N4O5. The van der Waals surface area contributed by atoms with Crippen molar-refractivity contribution in [1.82, 2.24) is 16.0 Å². The predicted octanol–water partition coefficient (Wildman–Crippen LogP) is 3.63. The molecule has 9 nitrogen and oxygen atoms in total. The Labute approximate surface area is 260 Å². The summed E-state index contributed by atoms with van der Waals surface area (Å²) in [5, 5.41) is 29.9. The largest absolute Gasteiger partial charge is 0.497 e. The Morgan fingerprint density at radius 1 is 0.932 bits per heavy atom. The first-order valence-corrected chi connectivity index (χ1v) is 15.4. The smallest absolute Gasteiger partial charge is 0.251 e. The highest BCUT2D eigenvalue weighted by molar-refractivity contribution is 6.01. The molecule has 1 aliphatic heterocycles. The van der Waals surface area contributed by atoms with Crippen LogP contribution in [0.4, 0.5) is 5.69 Å². The molecular weight excluding hydrogens is 556 g/mol. The van der Waals surface area contributed by atoms with Crippen molar-refractivity contribution in [3.8, 4) is 5.75 Å². The van der Waals surface area contributed by atoms with Gasteiger partial charge < -0.3 is 35.8 Å². The van der Waals surface area contributed by atoms with Crippen molar-refractivity contribution in [3.63, 3.8) is 0 Å². The molecule has 0 saturated carbocycles. The highest BCUT2D eigenvalue weighted by atomic mass is 16.5. The molecule has 4 rings (SSSR count). The topological polar surface area (TPSA) is 123 Å². The molecule has 0 spiro atoms. The minimum absolute atomic E-state index is 0.124. The lowest BCUT2D eigenvalue weighted by Crippen LogP contribution is -2.51. The van der Waals surface area contributed by atoms with Crippen LogP contribution in [0.5, 0.6) is 5.75 Å². The van der Waals surface area contributed by atoms with Crippen LogP contribution >= 0.6 is 0 Å². The van der Waals surface area contributed by atoms with Gasteiger partial charge >= 0.3 is 0 Å². The van der Waals surface area contributed by atoms with Gasteiger partial charge in [-0.25, -0.2) is 0 Å². The molecule has 5 N–H and O–H groups in total. The third kappa shape index (κ3) is 9.05. The average Bonchev–Trinajstić information content (AvgIpc) is 3.06. The maximum atomic E-state index is 13.8. The van der Waals surface area contributed by atoms with Crippen LogP contribution < -0.4 is 25.6 Å². The molecule has 1 heterocycles. The molecule has 2 atom stereocenters. The number of nitrogens with one attached hydrogen (secondary N) is 3. The SMILES string of the molecule is COc1cccc(C(C)(C)NC[C@@H](O)[C@H](Cc2ccccc2)NC(=O)c2cc(C(=O)NCCO)cc(N3CCCCC3)c2)c1. The van der Waals surface area contributed by atoms with E-state index in [1.165, 1.54) is 0 Å². The van der Waals surface area contributed by atoms with Gasteiger partial charge in [0.15, 0.2) is 0 Å². The Kier molecular flexibility index (Phi) is 11.8. The standard InChI is InChI=1S/C35H46N4O5/c1-35(2,28-13-10-14-30(23-28)44-3)37-24-32(41)31(19-25-11-6-4-7-12-25)38-34(43)27-20-26(33(42)36-15-18-40)21-29(22-27)39-16-8-5-9-17-39/h4,6-7,10-14,20-23,31-32,37,40-41H,5,8-9,15-19,24H2,1-3H3,(H,36,42)(H,38,43)/t31-,32+/m0/s1. The fourth-order valence-corrected chi connectivity index (χ4v) is 5.50. The first kappa shape index (κ1) is 33.0. The van der Waals surface area contributed by atoms with Crippen molar-refractivity contribution in [1.29, 1.82) is 0 Å². The molecule has 0 aliphatic carbocycles. The van der Waals surface area contributed by atoms with Crippen molar-refractivity contribution < 1.29 is 24.5 Å². The monoisotopic (exact) mass is 602 g/mol. The number of aliphatic hydroxyl groups excluding tert-OH is 2. The summed E-state index contributed by atoms with van der Waals surface area (Å²) < 4.78 is 5.39. The van der Waals surface area contributed by atoms with Crippen molar-refractivity contribution in [2.75, 3.05) is 44.8 Å². The Morgan fingerprint density at radius 3 is 2.32 bits per heavy atom. The fraction of sp³-hybridized carbons (Fsp3) is 0.429. The van der Waals surface area contributed by atoms with Crippen LogP contribution in [-0.4, -0.2) is 74.1 Å². The van der Waals surface area contributed by atoms with Crippen molar-refractivity contribution in [2.24, 2.45) is 0 Å². The Morgan fingerprint density at radius 2 is 1.64 bits per heavy atom. The minimum atomic E-state index is -0.915. The van der Waals surface area contributed by atoms with Gasteiger partial charge in [0.1, 0.15) is 5.75 Å². The number of hydrogen-bond acceptors (Lipinski definition) is 7. The van der Waals surface area contributed by atoms with E-state index in [0.29, 0.717) is 17.5 Å². The summed E-state index contributed by atoms with van der Waals surface area (Å²) in [5.74, 6) is 0.0345. The number of amides is 2. The number of aliphatic hydroxyl groups is 2. The lowest BCUT2D eigenvalue weighted by molar-refractivity contribution is 0.0813. The van der Waals surface area contributed by atoms with E-state index in [1.54, 1.807) is 19.2 Å². The number of anilines is 1. The van der Waals surface area contributed by atoms with Gasteiger partial charge in [0.25, 0.3) is 11.8 Å². The second-order valence-corrected chi connectivity index (χ2v) is 11.9. The number of benzene rings is 3. The number of ether oxygens (including phenoxy) is 1. The lowest BCUT2D eigenvalue weighted by atomic mass is 9.93. The molecule has 2 amide bonds. The Hall–Kier alpha value is -3.92. The van der Waals surface area contributed by atoms with Gasteiger partial charge in [0, 0.05) is 48.5 Å². The van der Waals surface area contributed by atoms with Gasteiger partial charge in [0.05, 0.1) is 25.9 Å². The number of hydrogen-bond donors (Lipinski definition) is 5. The number of rotatable bonds is 14. The summed E-state index contributed by atoms with van der Waals surface area (Å²) in [6.07, 6.45) is 2.76. The minimum Gasteiger partial charge on any atom is -0.497 e. The maximum absolute atomic E-state index is 13.8. The van der Waals surface area contributed by atoms with E-state index in [0.717, 1.165) is 54.9 Å². The van der Waals surface area contributed by atoms with E-state index in [1.807, 2.05) is 74.5 Å². The van der Waals surface area contributed by atoms with Gasteiger partial charge in [-0.2, -0.15) is 0 Å². The average molecular weight is 603 g/mol. The van der Waals surface area contributed by atoms with Crippen LogP contribution in [0, 0.1) is 0 Å². The fourth-order valence-electron chi connectivity index (χ4n) is 5.50. The summed E-state index contributed by atoms with van der Waals surface area (Å²) in [6.45, 7) is 5.96. The van der Waals surface area contributed by atoms with Crippen LogP contribution in [0.2, 0.25) is 0 Å². The second kappa shape index (κ2) is 15.7. The molecule has 0 unspecified atom stereocenters. The zero-order valence-electron chi connectivity index (χ0n) is 26.0. The summed E-state index contributed by atoms with van der Waals surface area (Å²) in [4.78, 5) is 28.9. The third-order valence-electron chi connectivity index (χ3n) is 8.18. The van der Waals surface area contributed by atoms with E-state index < -0.39 is 17.7 Å². The van der Waals surface area contributed by atoms with E-state index in [4.69, 9.17) is 4.74 Å². The summed E-state index contributed by atoms with van der Waals surface area (Å²) in [6, 6.07) is 22.1. The molecule has 1 saturated heterocycles. The molecule has 3 aromatic rings. The van der Waals surface area contributed by atoms with Crippen molar-refractivity contribution >= 4 is 17.5 Å². The predicted molar refractivity (Wildman–Crippen MR) is 173 cm³/mol. The van der Waals surface area contributed by atoms with Gasteiger partial charge in [-0.05, 0) is 81.0 Å². The molecule has 1 fully saturated rings.